The second-order valence-corrected chi connectivity index (χ2v) is 7.69. The van der Waals surface area contributed by atoms with Crippen molar-refractivity contribution in [1.29, 1.82) is 0 Å². The minimum atomic E-state index is -0.222. The molecule has 0 radical (unpaired) electrons. The lowest BCUT2D eigenvalue weighted by Crippen LogP contribution is -2.22. The Morgan fingerprint density at radius 2 is 1.85 bits per heavy atom. The third-order valence-corrected chi connectivity index (χ3v) is 5.31. The smallest absolute Gasteiger partial charge is 0.267 e. The van der Waals surface area contributed by atoms with E-state index in [1.807, 2.05) is 19.1 Å². The molecule has 0 unspecified atom stereocenters. The van der Waals surface area contributed by atoms with E-state index in [1.54, 1.807) is 37.6 Å². The number of aryl methyl sites for hydroxylation is 1. The number of carbonyl (C=O) groups excluding carboxylic acids is 1. The van der Waals surface area contributed by atoms with E-state index in [1.165, 1.54) is 10.7 Å². The van der Waals surface area contributed by atoms with Gasteiger partial charge in [-0.05, 0) is 80.7 Å². The van der Waals surface area contributed by atoms with Crippen molar-refractivity contribution in [3.63, 3.8) is 0 Å². The summed E-state index contributed by atoms with van der Waals surface area (Å²) in [4.78, 5) is 25.1. The molecule has 0 N–H and O–H groups in total. The highest BCUT2D eigenvalue weighted by atomic mass is 79.9. The maximum absolute atomic E-state index is 13.1. The van der Waals surface area contributed by atoms with Crippen molar-refractivity contribution in [2.75, 3.05) is 7.11 Å². The quantitative estimate of drug-likeness (QED) is 0.497. The Kier molecular flexibility index (Phi) is 5.92. The zero-order valence-electron chi connectivity index (χ0n) is 14.7. The molecule has 3 aromatic rings. The number of halogens is 2. The molecule has 0 saturated carbocycles. The molecule has 138 valence electrons. The summed E-state index contributed by atoms with van der Waals surface area (Å²) < 4.78 is 8.15. The summed E-state index contributed by atoms with van der Waals surface area (Å²) in [7, 11) is 1.55. The van der Waals surface area contributed by atoms with Gasteiger partial charge in [-0.3, -0.25) is 9.59 Å². The fraction of sp³-hybridized carbons (Fsp3) is 0.150. The van der Waals surface area contributed by atoms with Crippen molar-refractivity contribution in [3.05, 3.63) is 90.2 Å². The Balaban J connectivity index is 2.04. The minimum absolute atomic E-state index is 0.133. The van der Waals surface area contributed by atoms with Gasteiger partial charge in [0.2, 0.25) is 0 Å². The Morgan fingerprint density at radius 1 is 1.15 bits per heavy atom. The molecule has 0 atom stereocenters. The first kappa shape index (κ1) is 19.5. The molecular weight excluding hydrogens is 476 g/mol. The molecule has 27 heavy (non-hydrogen) atoms. The Bertz CT molecular complexity index is 1050. The van der Waals surface area contributed by atoms with Gasteiger partial charge in [0.15, 0.2) is 5.78 Å². The van der Waals surface area contributed by atoms with Crippen molar-refractivity contribution in [1.82, 2.24) is 9.78 Å². The molecule has 0 aliphatic rings. The van der Waals surface area contributed by atoms with Crippen LogP contribution in [0.4, 0.5) is 0 Å². The molecule has 0 spiro atoms. The number of hydrogen-bond donors (Lipinski definition) is 0. The van der Waals surface area contributed by atoms with Crippen LogP contribution in [0.2, 0.25) is 0 Å². The zero-order chi connectivity index (χ0) is 19.6. The van der Waals surface area contributed by atoms with Gasteiger partial charge in [0.25, 0.3) is 5.56 Å². The molecule has 0 amide bonds. The molecular formula is C20H16Br2N2O3. The number of aromatic nitrogens is 2. The lowest BCUT2D eigenvalue weighted by Gasteiger charge is -2.13. The average molecular weight is 492 g/mol. The number of ketones is 1. The second-order valence-electron chi connectivity index (χ2n) is 5.98. The molecule has 7 heteroatoms. The number of hydrogen-bond acceptors (Lipinski definition) is 4. The summed E-state index contributed by atoms with van der Waals surface area (Å²) in [5.74, 6) is 0.456. The van der Waals surface area contributed by atoms with Crippen LogP contribution in [0.5, 0.6) is 5.75 Å². The summed E-state index contributed by atoms with van der Waals surface area (Å²) in [6, 6.07) is 12.0. The van der Waals surface area contributed by atoms with Gasteiger partial charge in [0.1, 0.15) is 5.75 Å². The zero-order valence-corrected chi connectivity index (χ0v) is 17.9. The predicted molar refractivity (Wildman–Crippen MR) is 111 cm³/mol. The van der Waals surface area contributed by atoms with Crippen molar-refractivity contribution < 1.29 is 9.53 Å². The fourth-order valence-corrected chi connectivity index (χ4v) is 4.55. The van der Waals surface area contributed by atoms with Crippen molar-refractivity contribution >= 4 is 37.6 Å². The van der Waals surface area contributed by atoms with Crippen LogP contribution in [0, 0.1) is 6.92 Å². The molecule has 3 rings (SSSR count). The first-order valence-corrected chi connectivity index (χ1v) is 9.68. The Labute approximate surface area is 173 Å². The molecule has 0 saturated heterocycles. The Hall–Kier alpha value is -2.25. The van der Waals surface area contributed by atoms with Crippen LogP contribution in [0.3, 0.4) is 0 Å². The third kappa shape index (κ3) is 4.20. The van der Waals surface area contributed by atoms with Crippen LogP contribution in [0.15, 0.2) is 62.4 Å². The molecule has 1 aromatic heterocycles. The largest absolute Gasteiger partial charge is 0.496 e. The van der Waals surface area contributed by atoms with Crippen LogP contribution in [0.25, 0.3) is 0 Å². The summed E-state index contributed by atoms with van der Waals surface area (Å²) in [6.07, 6.45) is 1.55. The van der Waals surface area contributed by atoms with E-state index in [0.29, 0.717) is 22.4 Å². The van der Waals surface area contributed by atoms with Gasteiger partial charge >= 0.3 is 0 Å². The van der Waals surface area contributed by atoms with Gasteiger partial charge in [0.05, 0.1) is 19.2 Å². The highest BCUT2D eigenvalue weighted by molar-refractivity contribution is 9.11. The van der Waals surface area contributed by atoms with Crippen LogP contribution in [0.1, 0.15) is 27.0 Å². The predicted octanol–water partition coefficient (Wildman–Crippen LogP) is 4.36. The molecule has 1 heterocycles. The van der Waals surface area contributed by atoms with E-state index >= 15 is 0 Å². The number of ether oxygens (including phenoxy) is 1. The summed E-state index contributed by atoms with van der Waals surface area (Å²) >= 11 is 6.95. The van der Waals surface area contributed by atoms with Crippen molar-refractivity contribution in [2.45, 2.75) is 13.5 Å². The highest BCUT2D eigenvalue weighted by Gasteiger charge is 2.18. The molecule has 0 fully saturated rings. The molecule has 5 nitrogen and oxygen atoms in total. The lowest BCUT2D eigenvalue weighted by atomic mass is 10.00. The number of rotatable bonds is 5. The van der Waals surface area contributed by atoms with Gasteiger partial charge in [-0.2, -0.15) is 5.10 Å². The van der Waals surface area contributed by atoms with E-state index in [9.17, 15) is 9.59 Å². The topological polar surface area (TPSA) is 61.2 Å². The second kappa shape index (κ2) is 8.19. The first-order valence-electron chi connectivity index (χ1n) is 8.10. The van der Waals surface area contributed by atoms with E-state index in [2.05, 4.69) is 37.0 Å². The summed E-state index contributed by atoms with van der Waals surface area (Å²) in [6.45, 7) is 2.17. The molecule has 0 aliphatic carbocycles. The normalized spacial score (nSPS) is 10.7. The van der Waals surface area contributed by atoms with Crippen molar-refractivity contribution in [3.8, 4) is 5.75 Å². The standard InChI is InChI=1S/C20H16Br2N2O3/c1-12-8-15(21)19(16(22)9-12)20(26)13-5-6-17(27-2)14(10-13)11-24-18(25)4-3-7-23-24/h3-10H,11H2,1-2H3. The van der Waals surface area contributed by atoms with E-state index < -0.39 is 0 Å². The first-order chi connectivity index (χ1) is 12.9. The van der Waals surface area contributed by atoms with E-state index in [4.69, 9.17) is 4.74 Å². The molecule has 0 bridgehead atoms. The summed E-state index contributed by atoms with van der Waals surface area (Å²) in [5.41, 5.74) is 2.56. The van der Waals surface area contributed by atoms with Crippen LogP contribution < -0.4 is 10.3 Å². The molecule has 2 aromatic carbocycles. The number of benzene rings is 2. The number of carbonyl (C=O) groups is 1. The lowest BCUT2D eigenvalue weighted by molar-refractivity contribution is 0.103. The van der Waals surface area contributed by atoms with Crippen molar-refractivity contribution in [2.24, 2.45) is 0 Å². The Morgan fingerprint density at radius 3 is 2.48 bits per heavy atom. The van der Waals surface area contributed by atoms with Gasteiger partial charge in [-0.1, -0.05) is 0 Å². The van der Waals surface area contributed by atoms with Gasteiger partial charge in [-0.25, -0.2) is 4.68 Å². The monoisotopic (exact) mass is 490 g/mol. The van der Waals surface area contributed by atoms with E-state index in [-0.39, 0.29) is 17.9 Å². The SMILES string of the molecule is COc1ccc(C(=O)c2c(Br)cc(C)cc2Br)cc1Cn1ncccc1=O. The van der Waals surface area contributed by atoms with Gasteiger partial charge < -0.3 is 4.74 Å². The van der Waals surface area contributed by atoms with E-state index in [0.717, 1.165) is 14.5 Å². The molecule has 0 aliphatic heterocycles. The third-order valence-electron chi connectivity index (χ3n) is 4.06. The van der Waals surface area contributed by atoms with Crippen LogP contribution >= 0.6 is 31.9 Å². The highest BCUT2D eigenvalue weighted by Crippen LogP contribution is 2.30. The average Bonchev–Trinajstić information content (AvgIpc) is 2.62. The minimum Gasteiger partial charge on any atom is -0.496 e. The maximum atomic E-state index is 13.1. The number of nitrogens with zero attached hydrogens (tertiary/aromatic N) is 2. The van der Waals surface area contributed by atoms with Crippen LogP contribution in [-0.4, -0.2) is 22.7 Å². The number of methoxy groups -OCH3 is 1. The maximum Gasteiger partial charge on any atom is 0.267 e. The van der Waals surface area contributed by atoms with Gasteiger partial charge in [0, 0.05) is 32.3 Å². The van der Waals surface area contributed by atoms with Gasteiger partial charge in [-0.15, -0.1) is 0 Å². The summed E-state index contributed by atoms with van der Waals surface area (Å²) in [5, 5.41) is 4.07. The fourth-order valence-electron chi connectivity index (χ4n) is 2.77. The van der Waals surface area contributed by atoms with Crippen LogP contribution in [-0.2, 0) is 6.54 Å².